The lowest BCUT2D eigenvalue weighted by atomic mass is 10.1. The maximum absolute atomic E-state index is 13.4. The normalized spacial score (nSPS) is 15.2. The van der Waals surface area contributed by atoms with E-state index in [1.165, 1.54) is 36.3 Å². The van der Waals surface area contributed by atoms with Crippen LogP contribution >= 0.6 is 0 Å². The van der Waals surface area contributed by atoms with Gasteiger partial charge in [0.15, 0.2) is 0 Å². The smallest absolute Gasteiger partial charge is 0.337 e. The monoisotopic (exact) mass is 503 g/mol. The van der Waals surface area contributed by atoms with E-state index in [-0.39, 0.29) is 18.8 Å². The fraction of sp³-hybridized carbons (Fsp3) is 0.214. The first-order chi connectivity index (χ1) is 17.8. The van der Waals surface area contributed by atoms with Crippen molar-refractivity contribution < 1.29 is 28.3 Å². The summed E-state index contributed by atoms with van der Waals surface area (Å²) in [6.45, 7) is 2.03. The number of hydrogen-bond donors (Lipinski definition) is 1. The van der Waals surface area contributed by atoms with Crippen LogP contribution < -0.4 is 10.2 Å². The maximum Gasteiger partial charge on any atom is 0.337 e. The number of rotatable bonds is 8. The van der Waals surface area contributed by atoms with E-state index in [1.807, 2.05) is 13.0 Å². The summed E-state index contributed by atoms with van der Waals surface area (Å²) in [4.78, 5) is 53.8. The summed E-state index contributed by atoms with van der Waals surface area (Å²) in [5.74, 6) is -1.82. The minimum Gasteiger partial charge on any atom is -0.465 e. The van der Waals surface area contributed by atoms with Crippen molar-refractivity contribution in [3.05, 3.63) is 95.3 Å². The van der Waals surface area contributed by atoms with Gasteiger partial charge in [-0.25, -0.2) is 18.9 Å². The Labute approximate surface area is 213 Å². The van der Waals surface area contributed by atoms with Crippen LogP contribution in [0.15, 0.2) is 72.8 Å². The van der Waals surface area contributed by atoms with Crippen LogP contribution in [0.2, 0.25) is 0 Å². The van der Waals surface area contributed by atoms with Crippen molar-refractivity contribution >= 4 is 35.2 Å². The number of benzene rings is 3. The van der Waals surface area contributed by atoms with Crippen LogP contribution in [0.4, 0.5) is 20.6 Å². The number of halogens is 1. The van der Waals surface area contributed by atoms with Gasteiger partial charge in [-0.3, -0.25) is 9.59 Å². The number of ether oxygens (including phenoxy) is 1. The Bertz CT molecular complexity index is 1320. The number of anilines is 2. The summed E-state index contributed by atoms with van der Waals surface area (Å²) in [5, 5.41) is 2.71. The average Bonchev–Trinajstić information content (AvgIpc) is 3.12. The summed E-state index contributed by atoms with van der Waals surface area (Å²) in [6, 6.07) is 17.5. The van der Waals surface area contributed by atoms with Crippen LogP contribution in [0.3, 0.4) is 0 Å². The molecule has 190 valence electrons. The van der Waals surface area contributed by atoms with E-state index in [4.69, 9.17) is 0 Å². The number of urea groups is 1. The van der Waals surface area contributed by atoms with E-state index in [1.54, 1.807) is 42.5 Å². The van der Waals surface area contributed by atoms with Crippen molar-refractivity contribution in [1.29, 1.82) is 0 Å². The van der Waals surface area contributed by atoms with Crippen molar-refractivity contribution in [2.45, 2.75) is 25.8 Å². The number of carbonyl (C=O) groups excluding carboxylic acids is 4. The lowest BCUT2D eigenvalue weighted by Gasteiger charge is -2.21. The van der Waals surface area contributed by atoms with Gasteiger partial charge in [-0.1, -0.05) is 24.3 Å². The zero-order valence-electron chi connectivity index (χ0n) is 20.4. The molecular formula is C28H26FN3O5. The van der Waals surface area contributed by atoms with Crippen LogP contribution in [0.25, 0.3) is 0 Å². The average molecular weight is 504 g/mol. The van der Waals surface area contributed by atoms with Gasteiger partial charge in [0.2, 0.25) is 5.91 Å². The molecule has 4 amide bonds. The highest BCUT2D eigenvalue weighted by molar-refractivity contribution is 6.22. The van der Waals surface area contributed by atoms with Crippen molar-refractivity contribution in [1.82, 2.24) is 4.90 Å². The molecular weight excluding hydrogens is 477 g/mol. The predicted molar refractivity (Wildman–Crippen MR) is 136 cm³/mol. The molecule has 1 fully saturated rings. The Balaban J connectivity index is 1.53. The van der Waals surface area contributed by atoms with Gasteiger partial charge in [0.25, 0.3) is 5.91 Å². The molecule has 3 aromatic carbocycles. The molecule has 37 heavy (non-hydrogen) atoms. The number of nitrogens with one attached hydrogen (secondary N) is 1. The van der Waals surface area contributed by atoms with Gasteiger partial charge in [-0.05, 0) is 73.0 Å². The fourth-order valence-electron chi connectivity index (χ4n) is 4.19. The highest BCUT2D eigenvalue weighted by atomic mass is 19.1. The molecule has 0 saturated carbocycles. The molecule has 0 unspecified atom stereocenters. The third kappa shape index (κ3) is 5.83. The first kappa shape index (κ1) is 25.6. The molecule has 0 radical (unpaired) electrons. The van der Waals surface area contributed by atoms with Gasteiger partial charge in [-0.2, -0.15) is 0 Å². The van der Waals surface area contributed by atoms with Gasteiger partial charge < -0.3 is 15.0 Å². The molecule has 1 heterocycles. The molecule has 4 rings (SSSR count). The number of esters is 1. The topological polar surface area (TPSA) is 96.0 Å². The van der Waals surface area contributed by atoms with E-state index >= 15 is 0 Å². The Hall–Kier alpha value is -4.53. The van der Waals surface area contributed by atoms with Crippen molar-refractivity contribution in [3.8, 4) is 0 Å². The van der Waals surface area contributed by atoms with E-state index < -0.39 is 29.9 Å². The molecule has 1 atom stereocenters. The molecule has 8 nitrogen and oxygen atoms in total. The second kappa shape index (κ2) is 11.0. The van der Waals surface area contributed by atoms with Gasteiger partial charge in [-0.15, -0.1) is 0 Å². The highest BCUT2D eigenvalue weighted by Crippen LogP contribution is 2.28. The SMILES string of the molecule is COC(=O)c1ccc(NC(=O)C[C@H]2C(=O)N(c3cccc(C)c3)C(=O)N2CCc2ccc(F)cc2)cc1. The number of amides is 4. The predicted octanol–water partition coefficient (Wildman–Crippen LogP) is 4.33. The second-order valence-electron chi connectivity index (χ2n) is 8.70. The number of imide groups is 1. The molecule has 1 aliphatic rings. The van der Waals surface area contributed by atoms with Crippen molar-refractivity contribution in [3.63, 3.8) is 0 Å². The number of nitrogens with zero attached hydrogens (tertiary/aromatic N) is 2. The first-order valence-corrected chi connectivity index (χ1v) is 11.7. The van der Waals surface area contributed by atoms with E-state index in [9.17, 15) is 23.6 Å². The largest absolute Gasteiger partial charge is 0.465 e. The number of hydrogen-bond acceptors (Lipinski definition) is 5. The van der Waals surface area contributed by atoms with Gasteiger partial charge in [0.1, 0.15) is 11.9 Å². The second-order valence-corrected chi connectivity index (χ2v) is 8.70. The van der Waals surface area contributed by atoms with E-state index in [0.29, 0.717) is 23.4 Å². The summed E-state index contributed by atoms with van der Waals surface area (Å²) in [7, 11) is 1.28. The summed E-state index contributed by atoms with van der Waals surface area (Å²) in [6.07, 6.45) is 0.128. The van der Waals surface area contributed by atoms with Crippen molar-refractivity contribution in [2.24, 2.45) is 0 Å². The molecule has 0 bridgehead atoms. The van der Waals surface area contributed by atoms with Crippen molar-refractivity contribution in [2.75, 3.05) is 23.9 Å². The molecule has 0 aliphatic carbocycles. The zero-order valence-corrected chi connectivity index (χ0v) is 20.4. The van der Waals surface area contributed by atoms with Gasteiger partial charge in [0.05, 0.1) is 24.8 Å². The molecule has 3 aromatic rings. The lowest BCUT2D eigenvalue weighted by Crippen LogP contribution is -2.39. The van der Waals surface area contributed by atoms with Gasteiger partial charge >= 0.3 is 12.0 Å². The third-order valence-corrected chi connectivity index (χ3v) is 6.10. The maximum atomic E-state index is 13.4. The highest BCUT2D eigenvalue weighted by Gasteiger charge is 2.46. The molecule has 0 spiro atoms. The van der Waals surface area contributed by atoms with Crippen LogP contribution in [0.1, 0.15) is 27.9 Å². The number of carbonyl (C=O) groups is 4. The number of methoxy groups -OCH3 is 1. The van der Waals surface area contributed by atoms with Crippen LogP contribution in [0, 0.1) is 12.7 Å². The quantitative estimate of drug-likeness (QED) is 0.365. The first-order valence-electron chi connectivity index (χ1n) is 11.7. The van der Waals surface area contributed by atoms with Gasteiger partial charge in [0, 0.05) is 12.2 Å². The fourth-order valence-corrected chi connectivity index (χ4v) is 4.19. The Kier molecular flexibility index (Phi) is 7.62. The Morgan fingerprint density at radius 1 is 1.00 bits per heavy atom. The van der Waals surface area contributed by atoms with E-state index in [2.05, 4.69) is 10.1 Å². The standard InChI is InChI=1S/C28H26FN3O5/c1-18-4-3-5-23(16-18)32-26(34)24(31(28(32)36)15-14-19-6-10-21(29)11-7-19)17-25(33)30-22-12-8-20(9-13-22)27(35)37-2/h3-13,16,24H,14-15,17H2,1-2H3,(H,30,33)/t24-/m0/s1. The molecule has 9 heteroatoms. The minimum atomic E-state index is -1.01. The zero-order chi connectivity index (χ0) is 26.5. The van der Waals surface area contributed by atoms with Crippen LogP contribution in [-0.2, 0) is 20.7 Å². The Morgan fingerprint density at radius 2 is 1.70 bits per heavy atom. The molecule has 1 aliphatic heterocycles. The molecule has 1 saturated heterocycles. The Morgan fingerprint density at radius 3 is 2.35 bits per heavy atom. The lowest BCUT2D eigenvalue weighted by molar-refractivity contribution is -0.124. The molecule has 1 N–H and O–H groups in total. The summed E-state index contributed by atoms with van der Waals surface area (Å²) >= 11 is 0. The summed E-state index contributed by atoms with van der Waals surface area (Å²) in [5.41, 5.74) is 2.88. The van der Waals surface area contributed by atoms with Crippen LogP contribution in [0.5, 0.6) is 0 Å². The number of aryl methyl sites for hydroxylation is 1. The van der Waals surface area contributed by atoms with Crippen LogP contribution in [-0.4, -0.2) is 48.4 Å². The molecule has 0 aromatic heterocycles. The minimum absolute atomic E-state index is 0.171. The van der Waals surface area contributed by atoms with E-state index in [0.717, 1.165) is 16.0 Å². The third-order valence-electron chi connectivity index (χ3n) is 6.10. The summed E-state index contributed by atoms with van der Waals surface area (Å²) < 4.78 is 18.0.